The van der Waals surface area contributed by atoms with E-state index in [0.29, 0.717) is 61.2 Å². The van der Waals surface area contributed by atoms with E-state index in [2.05, 4.69) is 15.2 Å². The smallest absolute Gasteiger partial charge is 0.289 e. The van der Waals surface area contributed by atoms with Gasteiger partial charge in [-0.3, -0.25) is 14.4 Å². The Bertz CT molecular complexity index is 1370. The number of benzene rings is 1. The molecule has 1 aromatic carbocycles. The molecule has 13 nitrogen and oxygen atoms in total. The highest BCUT2D eigenvalue weighted by Gasteiger charge is 2.30. The van der Waals surface area contributed by atoms with Crippen LogP contribution >= 0.6 is 0 Å². The molecule has 1 saturated heterocycles. The average molecular weight is 506 g/mol. The number of aromatic nitrogens is 2. The molecule has 3 aromatic rings. The van der Waals surface area contributed by atoms with Crippen LogP contribution < -0.4 is 9.47 Å². The van der Waals surface area contributed by atoms with Gasteiger partial charge < -0.3 is 28.2 Å². The summed E-state index contributed by atoms with van der Waals surface area (Å²) in [5, 5.41) is 9.51. The third-order valence-corrected chi connectivity index (χ3v) is 6.35. The summed E-state index contributed by atoms with van der Waals surface area (Å²) in [5.74, 6) is 1.31. The van der Waals surface area contributed by atoms with Crippen LogP contribution in [0.3, 0.4) is 0 Å². The van der Waals surface area contributed by atoms with Crippen LogP contribution in [0, 0.1) is 0 Å². The second-order valence-electron chi connectivity index (χ2n) is 8.64. The number of nitrogens with zero attached hydrogens (tertiary/aromatic N) is 6. The highest BCUT2D eigenvalue weighted by molar-refractivity contribution is 6.02. The Morgan fingerprint density at radius 3 is 2.59 bits per heavy atom. The SMILES string of the molecule is O=C(CN1N=C(c2nc(-c3ccc4c(c3)OCO4)no2)CCC1=O)N1CCN(C(=O)c2ccco2)CC1. The third kappa shape index (κ3) is 4.50. The lowest BCUT2D eigenvalue weighted by atomic mass is 10.1. The molecule has 37 heavy (non-hydrogen) atoms. The molecule has 2 aromatic heterocycles. The van der Waals surface area contributed by atoms with E-state index in [4.69, 9.17) is 18.4 Å². The number of rotatable bonds is 5. The van der Waals surface area contributed by atoms with Gasteiger partial charge in [-0.15, -0.1) is 0 Å². The zero-order valence-electron chi connectivity index (χ0n) is 19.7. The van der Waals surface area contributed by atoms with Crippen LogP contribution in [0.4, 0.5) is 0 Å². The molecule has 0 unspecified atom stereocenters. The lowest BCUT2D eigenvalue weighted by molar-refractivity contribution is -0.141. The first-order valence-corrected chi connectivity index (χ1v) is 11.8. The largest absolute Gasteiger partial charge is 0.459 e. The van der Waals surface area contributed by atoms with Gasteiger partial charge in [0.25, 0.3) is 11.8 Å². The van der Waals surface area contributed by atoms with Crippen LogP contribution in [-0.2, 0) is 9.59 Å². The molecule has 5 heterocycles. The fourth-order valence-corrected chi connectivity index (χ4v) is 4.32. The van der Waals surface area contributed by atoms with Crippen LogP contribution in [-0.4, -0.2) is 87.9 Å². The van der Waals surface area contributed by atoms with Crippen LogP contribution in [0.25, 0.3) is 11.4 Å². The highest BCUT2D eigenvalue weighted by Crippen LogP contribution is 2.35. The number of carbonyl (C=O) groups excluding carboxylic acids is 3. The molecule has 190 valence electrons. The zero-order chi connectivity index (χ0) is 25.4. The minimum absolute atomic E-state index is 0.161. The van der Waals surface area contributed by atoms with Gasteiger partial charge in [-0.25, -0.2) is 5.01 Å². The van der Waals surface area contributed by atoms with Gasteiger partial charge in [0, 0.05) is 44.6 Å². The summed E-state index contributed by atoms with van der Waals surface area (Å²) >= 11 is 0. The molecule has 3 aliphatic rings. The van der Waals surface area contributed by atoms with Gasteiger partial charge in [0.1, 0.15) is 12.3 Å². The first-order valence-electron chi connectivity index (χ1n) is 11.8. The lowest BCUT2D eigenvalue weighted by Gasteiger charge is -2.35. The number of hydrogen-bond acceptors (Lipinski definition) is 10. The van der Waals surface area contributed by atoms with Crippen molar-refractivity contribution in [1.82, 2.24) is 24.9 Å². The highest BCUT2D eigenvalue weighted by atomic mass is 16.7. The number of hydrogen-bond donors (Lipinski definition) is 0. The second-order valence-corrected chi connectivity index (χ2v) is 8.64. The van der Waals surface area contributed by atoms with Gasteiger partial charge >= 0.3 is 0 Å². The quantitative estimate of drug-likeness (QED) is 0.501. The minimum atomic E-state index is -0.265. The maximum Gasteiger partial charge on any atom is 0.289 e. The van der Waals surface area contributed by atoms with E-state index < -0.39 is 0 Å². The molecule has 0 saturated carbocycles. The normalized spacial score (nSPS) is 17.2. The van der Waals surface area contributed by atoms with Crippen molar-refractivity contribution in [1.29, 1.82) is 0 Å². The number of piperazine rings is 1. The molecule has 3 aliphatic heterocycles. The van der Waals surface area contributed by atoms with Crippen molar-refractivity contribution in [3.63, 3.8) is 0 Å². The number of amides is 3. The van der Waals surface area contributed by atoms with Crippen LogP contribution in [0.5, 0.6) is 11.5 Å². The topological polar surface area (TPSA) is 144 Å². The lowest BCUT2D eigenvalue weighted by Crippen LogP contribution is -2.52. The predicted octanol–water partition coefficient (Wildman–Crippen LogP) is 1.37. The van der Waals surface area contributed by atoms with Crippen molar-refractivity contribution in [2.75, 3.05) is 39.5 Å². The molecule has 0 radical (unpaired) electrons. The van der Waals surface area contributed by atoms with Crippen molar-refractivity contribution in [2.24, 2.45) is 5.10 Å². The van der Waals surface area contributed by atoms with Crippen molar-refractivity contribution in [3.8, 4) is 22.9 Å². The Hall–Kier alpha value is -4.68. The van der Waals surface area contributed by atoms with E-state index in [9.17, 15) is 14.4 Å². The van der Waals surface area contributed by atoms with E-state index in [1.807, 2.05) is 0 Å². The fourth-order valence-electron chi connectivity index (χ4n) is 4.32. The van der Waals surface area contributed by atoms with Gasteiger partial charge in [-0.05, 0) is 30.3 Å². The Labute approximate surface area is 210 Å². The monoisotopic (exact) mass is 506 g/mol. The predicted molar refractivity (Wildman–Crippen MR) is 125 cm³/mol. The molecule has 3 amide bonds. The number of hydrazone groups is 1. The van der Waals surface area contributed by atoms with E-state index in [0.717, 1.165) is 5.01 Å². The molecule has 0 aliphatic carbocycles. The van der Waals surface area contributed by atoms with Gasteiger partial charge in [0.2, 0.25) is 24.4 Å². The molecule has 6 rings (SSSR count). The molecule has 0 bridgehead atoms. The Morgan fingerprint density at radius 2 is 1.78 bits per heavy atom. The molecule has 0 atom stereocenters. The Balaban J connectivity index is 1.10. The zero-order valence-corrected chi connectivity index (χ0v) is 19.7. The molecule has 13 heteroatoms. The van der Waals surface area contributed by atoms with E-state index in [-0.39, 0.29) is 49.1 Å². The van der Waals surface area contributed by atoms with Gasteiger partial charge in [0.15, 0.2) is 17.3 Å². The van der Waals surface area contributed by atoms with Gasteiger partial charge in [-0.1, -0.05) is 5.16 Å². The van der Waals surface area contributed by atoms with Crippen LogP contribution in [0.1, 0.15) is 29.3 Å². The summed E-state index contributed by atoms with van der Waals surface area (Å²) in [7, 11) is 0. The Kier molecular flexibility index (Phi) is 5.79. The number of fused-ring (bicyclic) bond motifs is 1. The van der Waals surface area contributed by atoms with Crippen molar-refractivity contribution < 1.29 is 32.8 Å². The van der Waals surface area contributed by atoms with Gasteiger partial charge in [-0.2, -0.15) is 10.1 Å². The maximum absolute atomic E-state index is 12.9. The molecular formula is C24H22N6O7. The van der Waals surface area contributed by atoms with Gasteiger partial charge in [0.05, 0.1) is 6.26 Å². The van der Waals surface area contributed by atoms with E-state index in [1.54, 1.807) is 40.1 Å². The fraction of sp³-hybridized carbons (Fsp3) is 0.333. The average Bonchev–Trinajstić information content (AvgIpc) is 3.71. The number of ether oxygens (including phenoxy) is 2. The number of furan rings is 1. The maximum atomic E-state index is 12.9. The number of carbonyl (C=O) groups is 3. The third-order valence-electron chi connectivity index (χ3n) is 6.35. The standard InChI is InChI=1S/C24H22N6O7/c31-20-6-4-16(23-25-22(27-37-23)15-3-5-17-19(12-15)36-14-35-17)26-30(20)13-21(32)28-7-9-29(10-8-28)24(33)18-2-1-11-34-18/h1-3,5,11-12H,4,6-10,13-14H2. The Morgan fingerprint density at radius 1 is 0.973 bits per heavy atom. The van der Waals surface area contributed by atoms with Crippen LogP contribution in [0.15, 0.2) is 50.6 Å². The first kappa shape index (κ1) is 22.8. The summed E-state index contributed by atoms with van der Waals surface area (Å²) in [6.45, 7) is 1.40. The van der Waals surface area contributed by atoms with Crippen LogP contribution in [0.2, 0.25) is 0 Å². The minimum Gasteiger partial charge on any atom is -0.459 e. The summed E-state index contributed by atoms with van der Waals surface area (Å²) in [6.07, 6.45) is 1.93. The summed E-state index contributed by atoms with van der Waals surface area (Å²) in [4.78, 5) is 45.5. The van der Waals surface area contributed by atoms with Crippen molar-refractivity contribution in [2.45, 2.75) is 12.8 Å². The summed E-state index contributed by atoms with van der Waals surface area (Å²) in [5.41, 5.74) is 1.11. The molecule has 0 N–H and O–H groups in total. The van der Waals surface area contributed by atoms with Crippen molar-refractivity contribution in [3.05, 3.63) is 48.2 Å². The van der Waals surface area contributed by atoms with E-state index in [1.165, 1.54) is 6.26 Å². The second kappa shape index (κ2) is 9.41. The summed E-state index contributed by atoms with van der Waals surface area (Å²) in [6, 6.07) is 8.59. The molecule has 1 fully saturated rings. The first-order chi connectivity index (χ1) is 18.0. The van der Waals surface area contributed by atoms with E-state index >= 15 is 0 Å². The summed E-state index contributed by atoms with van der Waals surface area (Å²) < 4.78 is 21.3. The molecule has 0 spiro atoms. The van der Waals surface area contributed by atoms with Crippen molar-refractivity contribution >= 4 is 23.4 Å². The molecular weight excluding hydrogens is 484 g/mol.